The SMILES string of the molecule is CCCCOC(=O)c1ccc(NC(=O)N2CCC(c3nc(C)no3)CC2)cc1. The van der Waals surface area contributed by atoms with Gasteiger partial charge in [-0.25, -0.2) is 9.59 Å². The van der Waals surface area contributed by atoms with E-state index < -0.39 is 0 Å². The molecule has 0 spiro atoms. The van der Waals surface area contributed by atoms with Gasteiger partial charge in [-0.1, -0.05) is 18.5 Å². The number of rotatable bonds is 6. The first-order chi connectivity index (χ1) is 13.6. The Labute approximate surface area is 164 Å². The van der Waals surface area contributed by atoms with Crippen LogP contribution >= 0.6 is 0 Å². The van der Waals surface area contributed by atoms with Crippen LogP contribution in [0.25, 0.3) is 0 Å². The Morgan fingerprint density at radius 2 is 1.96 bits per heavy atom. The summed E-state index contributed by atoms with van der Waals surface area (Å²) >= 11 is 0. The van der Waals surface area contributed by atoms with Gasteiger partial charge in [0.2, 0.25) is 5.89 Å². The summed E-state index contributed by atoms with van der Waals surface area (Å²) in [6, 6.07) is 6.59. The lowest BCUT2D eigenvalue weighted by Gasteiger charge is -2.30. The molecule has 2 heterocycles. The van der Waals surface area contributed by atoms with E-state index in [4.69, 9.17) is 9.26 Å². The molecule has 0 bridgehead atoms. The molecule has 1 aliphatic rings. The lowest BCUT2D eigenvalue weighted by molar-refractivity contribution is 0.0500. The monoisotopic (exact) mass is 386 g/mol. The second-order valence-corrected chi connectivity index (χ2v) is 6.94. The molecule has 1 fully saturated rings. The Morgan fingerprint density at radius 1 is 1.25 bits per heavy atom. The van der Waals surface area contributed by atoms with Crippen LogP contribution in [-0.2, 0) is 4.74 Å². The fourth-order valence-electron chi connectivity index (χ4n) is 3.09. The van der Waals surface area contributed by atoms with Gasteiger partial charge in [-0.2, -0.15) is 4.98 Å². The number of hydrogen-bond acceptors (Lipinski definition) is 6. The number of carbonyl (C=O) groups is 2. The van der Waals surface area contributed by atoms with Gasteiger partial charge in [-0.15, -0.1) is 0 Å². The third-order valence-electron chi connectivity index (χ3n) is 4.78. The average Bonchev–Trinajstić information content (AvgIpc) is 3.15. The first-order valence-corrected chi connectivity index (χ1v) is 9.70. The number of nitrogens with one attached hydrogen (secondary N) is 1. The van der Waals surface area contributed by atoms with Crippen LogP contribution in [0.5, 0.6) is 0 Å². The largest absolute Gasteiger partial charge is 0.462 e. The molecule has 8 nitrogen and oxygen atoms in total. The highest BCUT2D eigenvalue weighted by Crippen LogP contribution is 2.27. The zero-order valence-electron chi connectivity index (χ0n) is 16.3. The molecule has 0 atom stereocenters. The maximum atomic E-state index is 12.5. The van der Waals surface area contributed by atoms with Crippen LogP contribution in [0.15, 0.2) is 28.8 Å². The van der Waals surface area contributed by atoms with Crippen molar-refractivity contribution in [2.75, 3.05) is 25.0 Å². The van der Waals surface area contributed by atoms with Gasteiger partial charge >= 0.3 is 12.0 Å². The number of piperidine rings is 1. The molecule has 0 saturated carbocycles. The van der Waals surface area contributed by atoms with Crippen LogP contribution in [-0.4, -0.2) is 46.7 Å². The number of nitrogens with zero attached hydrogens (tertiary/aromatic N) is 3. The van der Waals surface area contributed by atoms with E-state index in [0.29, 0.717) is 42.7 Å². The number of aryl methyl sites for hydroxylation is 1. The molecule has 150 valence electrons. The minimum atomic E-state index is -0.343. The number of hydrogen-bond donors (Lipinski definition) is 1. The lowest BCUT2D eigenvalue weighted by Crippen LogP contribution is -2.40. The summed E-state index contributed by atoms with van der Waals surface area (Å²) in [5.74, 6) is 1.14. The number of aromatic nitrogens is 2. The molecular formula is C20H26N4O4. The van der Waals surface area contributed by atoms with Crippen LogP contribution in [0.1, 0.15) is 60.6 Å². The third kappa shape index (κ3) is 5.09. The van der Waals surface area contributed by atoms with E-state index in [0.717, 1.165) is 25.7 Å². The van der Waals surface area contributed by atoms with Gasteiger partial charge in [0, 0.05) is 24.7 Å². The third-order valence-corrected chi connectivity index (χ3v) is 4.78. The molecule has 0 aliphatic carbocycles. The Hall–Kier alpha value is -2.90. The highest BCUT2D eigenvalue weighted by atomic mass is 16.5. The molecule has 1 aromatic carbocycles. The molecule has 0 radical (unpaired) electrons. The van der Waals surface area contributed by atoms with Gasteiger partial charge in [0.15, 0.2) is 5.82 Å². The van der Waals surface area contributed by atoms with E-state index in [1.807, 2.05) is 6.92 Å². The average molecular weight is 386 g/mol. The minimum Gasteiger partial charge on any atom is -0.462 e. The fraction of sp³-hybridized carbons (Fsp3) is 0.500. The molecule has 1 N–H and O–H groups in total. The first kappa shape index (κ1) is 19.9. The van der Waals surface area contributed by atoms with Gasteiger partial charge < -0.3 is 19.5 Å². The number of urea groups is 1. The van der Waals surface area contributed by atoms with E-state index in [9.17, 15) is 9.59 Å². The van der Waals surface area contributed by atoms with Gasteiger partial charge in [-0.3, -0.25) is 0 Å². The number of likely N-dealkylation sites (tertiary alicyclic amines) is 1. The van der Waals surface area contributed by atoms with Crippen molar-refractivity contribution in [3.63, 3.8) is 0 Å². The van der Waals surface area contributed by atoms with Crippen molar-refractivity contribution < 1.29 is 18.8 Å². The Bertz CT molecular complexity index is 795. The molecule has 28 heavy (non-hydrogen) atoms. The first-order valence-electron chi connectivity index (χ1n) is 9.70. The predicted molar refractivity (Wildman–Crippen MR) is 103 cm³/mol. The summed E-state index contributed by atoms with van der Waals surface area (Å²) in [4.78, 5) is 30.4. The van der Waals surface area contributed by atoms with Crippen molar-refractivity contribution in [2.45, 2.75) is 45.4 Å². The number of amides is 2. The predicted octanol–water partition coefficient (Wildman–Crippen LogP) is 3.75. The van der Waals surface area contributed by atoms with E-state index in [1.54, 1.807) is 36.1 Å². The number of ether oxygens (including phenoxy) is 1. The number of anilines is 1. The Balaban J connectivity index is 1.48. The lowest BCUT2D eigenvalue weighted by atomic mass is 9.97. The standard InChI is InChI=1S/C20H26N4O4/c1-3-4-13-27-19(25)16-5-7-17(8-6-16)22-20(26)24-11-9-15(10-12-24)18-21-14(2)23-28-18/h5-8,15H,3-4,9-13H2,1-2H3,(H,22,26). The van der Waals surface area contributed by atoms with Crippen LogP contribution in [0.2, 0.25) is 0 Å². The summed E-state index contributed by atoms with van der Waals surface area (Å²) < 4.78 is 10.4. The van der Waals surface area contributed by atoms with Gasteiger partial charge in [-0.05, 0) is 50.5 Å². The zero-order valence-corrected chi connectivity index (χ0v) is 16.3. The van der Waals surface area contributed by atoms with E-state index >= 15 is 0 Å². The second-order valence-electron chi connectivity index (χ2n) is 6.94. The second kappa shape index (κ2) is 9.34. The maximum Gasteiger partial charge on any atom is 0.338 e. The quantitative estimate of drug-likeness (QED) is 0.600. The Kier molecular flexibility index (Phi) is 6.62. The van der Waals surface area contributed by atoms with E-state index in [2.05, 4.69) is 15.5 Å². The smallest absolute Gasteiger partial charge is 0.338 e. The fourth-order valence-corrected chi connectivity index (χ4v) is 3.09. The highest BCUT2D eigenvalue weighted by Gasteiger charge is 2.27. The number of carbonyl (C=O) groups excluding carboxylic acids is 2. The van der Waals surface area contributed by atoms with Gasteiger partial charge in [0.25, 0.3) is 0 Å². The van der Waals surface area contributed by atoms with E-state index in [1.165, 1.54) is 0 Å². The summed E-state index contributed by atoms with van der Waals surface area (Å²) in [5.41, 5.74) is 1.12. The molecule has 1 aromatic heterocycles. The topological polar surface area (TPSA) is 97.6 Å². The van der Waals surface area contributed by atoms with Gasteiger partial charge in [0.05, 0.1) is 12.2 Å². The Morgan fingerprint density at radius 3 is 2.57 bits per heavy atom. The summed E-state index contributed by atoms with van der Waals surface area (Å²) in [6.07, 6.45) is 3.40. The number of unbranched alkanes of at least 4 members (excludes halogenated alkanes) is 1. The van der Waals surface area contributed by atoms with Crippen molar-refractivity contribution in [2.24, 2.45) is 0 Å². The maximum absolute atomic E-state index is 12.5. The molecule has 0 unspecified atom stereocenters. The van der Waals surface area contributed by atoms with Crippen molar-refractivity contribution in [3.8, 4) is 0 Å². The van der Waals surface area contributed by atoms with Crippen molar-refractivity contribution in [1.29, 1.82) is 0 Å². The van der Waals surface area contributed by atoms with Crippen LogP contribution in [0, 0.1) is 6.92 Å². The molecule has 3 rings (SSSR count). The molecule has 8 heteroatoms. The van der Waals surface area contributed by atoms with Crippen molar-refractivity contribution in [3.05, 3.63) is 41.5 Å². The number of esters is 1. The minimum absolute atomic E-state index is 0.154. The molecule has 2 amide bonds. The summed E-state index contributed by atoms with van der Waals surface area (Å²) in [6.45, 7) is 5.51. The van der Waals surface area contributed by atoms with Crippen molar-refractivity contribution in [1.82, 2.24) is 15.0 Å². The van der Waals surface area contributed by atoms with E-state index in [-0.39, 0.29) is 17.9 Å². The normalized spacial score (nSPS) is 14.7. The molecular weight excluding hydrogens is 360 g/mol. The summed E-state index contributed by atoms with van der Waals surface area (Å²) in [7, 11) is 0. The van der Waals surface area contributed by atoms with Crippen LogP contribution in [0.4, 0.5) is 10.5 Å². The zero-order chi connectivity index (χ0) is 19.9. The number of benzene rings is 1. The van der Waals surface area contributed by atoms with Crippen LogP contribution in [0.3, 0.4) is 0 Å². The van der Waals surface area contributed by atoms with Crippen LogP contribution < -0.4 is 5.32 Å². The van der Waals surface area contributed by atoms with Gasteiger partial charge in [0.1, 0.15) is 0 Å². The summed E-state index contributed by atoms with van der Waals surface area (Å²) in [5, 5.41) is 6.70. The molecule has 1 saturated heterocycles. The van der Waals surface area contributed by atoms with Crippen molar-refractivity contribution >= 4 is 17.7 Å². The highest BCUT2D eigenvalue weighted by molar-refractivity contribution is 5.92. The molecule has 1 aliphatic heterocycles. The molecule has 2 aromatic rings.